The molecule has 0 spiro atoms. The fourth-order valence-electron chi connectivity index (χ4n) is 3.34. The Balaban J connectivity index is 3.36. The predicted octanol–water partition coefficient (Wildman–Crippen LogP) is 3.80. The highest BCUT2D eigenvalue weighted by Gasteiger charge is 2.35. The van der Waals surface area contributed by atoms with Gasteiger partial charge in [-0.1, -0.05) is 57.5 Å². The van der Waals surface area contributed by atoms with Gasteiger partial charge in [0, 0.05) is 13.1 Å². The van der Waals surface area contributed by atoms with E-state index >= 15 is 0 Å². The predicted molar refractivity (Wildman–Crippen MR) is 134 cm³/mol. The molecule has 0 aliphatic heterocycles. The van der Waals surface area contributed by atoms with Crippen LogP contribution in [0.1, 0.15) is 77.5 Å². The quantitative estimate of drug-likeness (QED) is 0.376. The molecule has 0 heterocycles. The van der Waals surface area contributed by atoms with Crippen LogP contribution in [0.3, 0.4) is 0 Å². The van der Waals surface area contributed by atoms with Crippen LogP contribution >= 0.6 is 0 Å². The van der Waals surface area contributed by atoms with Gasteiger partial charge in [-0.2, -0.15) is 0 Å². The Labute approximate surface area is 203 Å². The number of unbranched alkanes of at least 4 members (excludes halogenated alkanes) is 2. The van der Waals surface area contributed by atoms with Crippen molar-refractivity contribution in [2.24, 2.45) is 0 Å². The average Bonchev–Trinajstić information content (AvgIpc) is 2.78. The number of ether oxygens (including phenoxy) is 1. The van der Waals surface area contributed by atoms with Gasteiger partial charge < -0.3 is 25.4 Å². The van der Waals surface area contributed by atoms with Crippen LogP contribution in [0.15, 0.2) is 30.8 Å². The molecule has 3 amide bonds. The molecule has 0 aromatic heterocycles. The largest absolute Gasteiger partial charge is 0.444 e. The SMILES string of the molecule is C=Cc1cccc(C(C(=O)NCCCC)N(CCCC)C(=O)C(CO)NC(=O)OC(C)(C)C)c1. The van der Waals surface area contributed by atoms with Crippen molar-refractivity contribution in [2.75, 3.05) is 19.7 Å². The summed E-state index contributed by atoms with van der Waals surface area (Å²) in [6.07, 6.45) is 4.04. The highest BCUT2D eigenvalue weighted by Crippen LogP contribution is 2.25. The second kappa shape index (κ2) is 14.4. The van der Waals surface area contributed by atoms with Gasteiger partial charge in [-0.25, -0.2) is 4.79 Å². The number of amides is 3. The summed E-state index contributed by atoms with van der Waals surface area (Å²) >= 11 is 0. The molecular formula is C26H41N3O5. The van der Waals surface area contributed by atoms with Crippen molar-refractivity contribution >= 4 is 24.0 Å². The fourth-order valence-corrected chi connectivity index (χ4v) is 3.34. The fraction of sp³-hybridized carbons (Fsp3) is 0.577. The number of carbonyl (C=O) groups excluding carboxylic acids is 3. The van der Waals surface area contributed by atoms with Gasteiger partial charge in [0.2, 0.25) is 11.8 Å². The molecule has 190 valence electrons. The summed E-state index contributed by atoms with van der Waals surface area (Å²) in [5, 5.41) is 15.3. The molecule has 1 rings (SSSR count). The normalized spacial score (nSPS) is 12.9. The Kier molecular flexibility index (Phi) is 12.4. The zero-order chi connectivity index (χ0) is 25.7. The van der Waals surface area contributed by atoms with Crippen LogP contribution in [0, 0.1) is 0 Å². The van der Waals surface area contributed by atoms with Gasteiger partial charge in [0.15, 0.2) is 0 Å². The maximum Gasteiger partial charge on any atom is 0.408 e. The minimum Gasteiger partial charge on any atom is -0.444 e. The van der Waals surface area contributed by atoms with E-state index < -0.39 is 36.3 Å². The lowest BCUT2D eigenvalue weighted by atomic mass is 10.00. The van der Waals surface area contributed by atoms with Crippen LogP contribution in [-0.4, -0.2) is 59.3 Å². The summed E-state index contributed by atoms with van der Waals surface area (Å²) in [5.41, 5.74) is 0.684. The van der Waals surface area contributed by atoms with Gasteiger partial charge in [-0.05, 0) is 50.8 Å². The average molecular weight is 476 g/mol. The molecule has 8 nitrogen and oxygen atoms in total. The van der Waals surface area contributed by atoms with Gasteiger partial charge in [0.05, 0.1) is 6.61 Å². The lowest BCUT2D eigenvalue weighted by Gasteiger charge is -2.34. The zero-order valence-electron chi connectivity index (χ0n) is 21.2. The first-order chi connectivity index (χ1) is 16.1. The Bertz CT molecular complexity index is 819. The molecule has 0 radical (unpaired) electrons. The first-order valence-electron chi connectivity index (χ1n) is 12.0. The second-order valence-electron chi connectivity index (χ2n) is 9.19. The Hall–Kier alpha value is -2.87. The molecule has 3 N–H and O–H groups in total. The minimum absolute atomic E-state index is 0.284. The standard InChI is InChI=1S/C26H41N3O5/c1-7-10-15-27-23(31)22(20-14-12-13-19(9-3)17-20)29(16-11-8-2)24(32)21(18-30)28-25(33)34-26(4,5)6/h9,12-14,17,21-22,30H,3,7-8,10-11,15-16,18H2,1-2,4-6H3,(H,27,31)(H,28,33). The van der Waals surface area contributed by atoms with Crippen LogP contribution in [-0.2, 0) is 14.3 Å². The van der Waals surface area contributed by atoms with Crippen LogP contribution in [0.4, 0.5) is 4.79 Å². The van der Waals surface area contributed by atoms with E-state index in [0.717, 1.165) is 24.8 Å². The zero-order valence-corrected chi connectivity index (χ0v) is 21.2. The third-order valence-corrected chi connectivity index (χ3v) is 5.06. The molecule has 2 atom stereocenters. The topological polar surface area (TPSA) is 108 Å². The number of hydrogen-bond donors (Lipinski definition) is 3. The van der Waals surface area contributed by atoms with E-state index in [2.05, 4.69) is 17.2 Å². The highest BCUT2D eigenvalue weighted by molar-refractivity contribution is 5.92. The Morgan fingerprint density at radius 3 is 2.41 bits per heavy atom. The van der Waals surface area contributed by atoms with Gasteiger partial charge in [0.1, 0.15) is 17.7 Å². The number of nitrogens with one attached hydrogen (secondary N) is 2. The number of hydrogen-bond acceptors (Lipinski definition) is 5. The molecule has 2 unspecified atom stereocenters. The van der Waals surface area contributed by atoms with Crippen molar-refractivity contribution in [1.82, 2.24) is 15.5 Å². The monoisotopic (exact) mass is 475 g/mol. The van der Waals surface area contributed by atoms with Crippen LogP contribution < -0.4 is 10.6 Å². The summed E-state index contributed by atoms with van der Waals surface area (Å²) < 4.78 is 5.25. The summed E-state index contributed by atoms with van der Waals surface area (Å²) in [5.74, 6) is -0.866. The van der Waals surface area contributed by atoms with Crippen molar-refractivity contribution in [3.8, 4) is 0 Å². The molecule has 1 aromatic carbocycles. The summed E-state index contributed by atoms with van der Waals surface area (Å²) in [4.78, 5) is 40.7. The molecule has 0 aliphatic carbocycles. The number of alkyl carbamates (subject to hydrolysis) is 1. The summed E-state index contributed by atoms with van der Waals surface area (Å²) in [7, 11) is 0. The summed E-state index contributed by atoms with van der Waals surface area (Å²) in [6, 6.07) is 5.10. The van der Waals surface area contributed by atoms with Crippen molar-refractivity contribution in [3.63, 3.8) is 0 Å². The van der Waals surface area contributed by atoms with Crippen molar-refractivity contribution in [1.29, 1.82) is 0 Å². The van der Waals surface area contributed by atoms with E-state index in [1.807, 2.05) is 32.0 Å². The number of carbonyl (C=O) groups is 3. The maximum absolute atomic E-state index is 13.6. The van der Waals surface area contributed by atoms with E-state index in [9.17, 15) is 19.5 Å². The molecular weight excluding hydrogens is 434 g/mol. The third-order valence-electron chi connectivity index (χ3n) is 5.06. The van der Waals surface area contributed by atoms with E-state index in [0.29, 0.717) is 18.5 Å². The number of benzene rings is 1. The Morgan fingerprint density at radius 1 is 1.18 bits per heavy atom. The smallest absolute Gasteiger partial charge is 0.408 e. The van der Waals surface area contributed by atoms with Crippen molar-refractivity contribution in [3.05, 3.63) is 42.0 Å². The van der Waals surface area contributed by atoms with Gasteiger partial charge in [0.25, 0.3) is 0 Å². The van der Waals surface area contributed by atoms with Crippen LogP contribution in [0.5, 0.6) is 0 Å². The number of rotatable bonds is 13. The van der Waals surface area contributed by atoms with Crippen molar-refractivity contribution in [2.45, 2.75) is 78.0 Å². The second-order valence-corrected chi connectivity index (χ2v) is 9.19. The van der Waals surface area contributed by atoms with Crippen molar-refractivity contribution < 1.29 is 24.2 Å². The van der Waals surface area contributed by atoms with Gasteiger partial charge >= 0.3 is 6.09 Å². The maximum atomic E-state index is 13.6. The van der Waals surface area contributed by atoms with Gasteiger partial charge in [-0.3, -0.25) is 9.59 Å². The first-order valence-corrected chi connectivity index (χ1v) is 12.0. The molecule has 0 saturated heterocycles. The van der Waals surface area contributed by atoms with E-state index in [-0.39, 0.29) is 12.5 Å². The number of aliphatic hydroxyl groups excluding tert-OH is 1. The Morgan fingerprint density at radius 2 is 1.85 bits per heavy atom. The third kappa shape index (κ3) is 9.55. The molecule has 0 bridgehead atoms. The lowest BCUT2D eigenvalue weighted by molar-refractivity contribution is -0.143. The molecule has 0 aliphatic rings. The van der Waals surface area contributed by atoms with E-state index in [4.69, 9.17) is 4.74 Å². The van der Waals surface area contributed by atoms with E-state index in [1.54, 1.807) is 32.9 Å². The van der Waals surface area contributed by atoms with E-state index in [1.165, 1.54) is 4.90 Å². The molecule has 34 heavy (non-hydrogen) atoms. The minimum atomic E-state index is -1.25. The number of aliphatic hydroxyl groups is 1. The molecule has 8 heteroatoms. The van der Waals surface area contributed by atoms with Crippen LogP contribution in [0.2, 0.25) is 0 Å². The lowest BCUT2D eigenvalue weighted by Crippen LogP contribution is -2.54. The highest BCUT2D eigenvalue weighted by atomic mass is 16.6. The number of nitrogens with zero attached hydrogens (tertiary/aromatic N) is 1. The molecule has 0 saturated carbocycles. The van der Waals surface area contributed by atoms with Gasteiger partial charge in [-0.15, -0.1) is 0 Å². The molecule has 0 fully saturated rings. The molecule has 1 aromatic rings. The first kappa shape index (κ1) is 29.2. The summed E-state index contributed by atoms with van der Waals surface area (Å²) in [6.45, 7) is 13.1. The van der Waals surface area contributed by atoms with Crippen LogP contribution in [0.25, 0.3) is 6.08 Å².